The van der Waals surface area contributed by atoms with Gasteiger partial charge in [0.2, 0.25) is 0 Å². The minimum Gasteiger partial charge on any atom is -0.308 e. The van der Waals surface area contributed by atoms with E-state index in [2.05, 4.69) is 41.3 Å². The molecule has 0 radical (unpaired) electrons. The van der Waals surface area contributed by atoms with Gasteiger partial charge in [-0.3, -0.25) is 4.68 Å². The number of aryl methyl sites for hydroxylation is 2. The molecule has 1 aliphatic rings. The van der Waals surface area contributed by atoms with Crippen LogP contribution in [0.3, 0.4) is 0 Å². The van der Waals surface area contributed by atoms with Crippen LogP contribution in [-0.2, 0) is 19.5 Å². The molecule has 1 fully saturated rings. The minimum absolute atomic E-state index is 0.691. The Bertz CT molecular complexity index is 389. The van der Waals surface area contributed by atoms with Crippen molar-refractivity contribution in [1.82, 2.24) is 15.1 Å². The normalized spacial score (nSPS) is 23.7. The molecule has 1 N–H and O–H groups in total. The van der Waals surface area contributed by atoms with Crippen LogP contribution in [0, 0.1) is 0 Å². The Kier molecular flexibility index (Phi) is 5.76. The lowest BCUT2D eigenvalue weighted by Crippen LogP contribution is -2.35. The molecule has 0 bridgehead atoms. The molecule has 2 atom stereocenters. The Morgan fingerprint density at radius 3 is 2.95 bits per heavy atom. The van der Waals surface area contributed by atoms with Crippen molar-refractivity contribution < 1.29 is 0 Å². The van der Waals surface area contributed by atoms with Crippen molar-refractivity contribution in [3.8, 4) is 0 Å². The van der Waals surface area contributed by atoms with E-state index in [0.717, 1.165) is 24.8 Å². The third kappa shape index (κ3) is 3.99. The minimum atomic E-state index is 0.691. The zero-order valence-electron chi connectivity index (χ0n) is 12.5. The van der Waals surface area contributed by atoms with Crippen molar-refractivity contribution in [2.45, 2.75) is 70.3 Å². The van der Waals surface area contributed by atoms with Gasteiger partial charge in [-0.15, -0.1) is 0 Å². The summed E-state index contributed by atoms with van der Waals surface area (Å²) in [6.45, 7) is 6.27. The quantitative estimate of drug-likeness (QED) is 0.868. The average molecular weight is 281 g/mol. The molecule has 19 heavy (non-hydrogen) atoms. The van der Waals surface area contributed by atoms with E-state index >= 15 is 0 Å². The van der Waals surface area contributed by atoms with Crippen LogP contribution in [0.1, 0.15) is 50.9 Å². The van der Waals surface area contributed by atoms with Crippen molar-refractivity contribution in [1.29, 1.82) is 0 Å². The molecule has 1 heterocycles. The van der Waals surface area contributed by atoms with Gasteiger partial charge in [0, 0.05) is 24.4 Å². The molecule has 0 aliphatic heterocycles. The highest BCUT2D eigenvalue weighted by atomic mass is 32.2. The Labute approximate surface area is 121 Å². The molecule has 2 unspecified atom stereocenters. The lowest BCUT2D eigenvalue weighted by molar-refractivity contribution is 0.374. The van der Waals surface area contributed by atoms with Crippen LogP contribution in [0.25, 0.3) is 0 Å². The van der Waals surface area contributed by atoms with Crippen LogP contribution in [0.5, 0.6) is 0 Å². The van der Waals surface area contributed by atoms with E-state index in [1.54, 1.807) is 0 Å². The molecule has 3 nitrogen and oxygen atoms in total. The first kappa shape index (κ1) is 14.9. The summed E-state index contributed by atoms with van der Waals surface area (Å²) in [5, 5.41) is 9.21. The summed E-state index contributed by atoms with van der Waals surface area (Å²) in [5.74, 6) is 0. The maximum absolute atomic E-state index is 4.61. The van der Waals surface area contributed by atoms with E-state index in [1.807, 2.05) is 11.8 Å². The molecular weight excluding hydrogens is 254 g/mol. The third-order valence-electron chi connectivity index (χ3n) is 4.11. The number of nitrogens with zero attached hydrogens (tertiary/aromatic N) is 2. The summed E-state index contributed by atoms with van der Waals surface area (Å²) in [6, 6.07) is 2.95. The van der Waals surface area contributed by atoms with Gasteiger partial charge in [0.05, 0.1) is 11.4 Å². The fraction of sp³-hybridized carbons (Fsp3) is 0.800. The van der Waals surface area contributed by atoms with Gasteiger partial charge in [-0.25, -0.2) is 0 Å². The van der Waals surface area contributed by atoms with E-state index in [0.29, 0.717) is 6.04 Å². The topological polar surface area (TPSA) is 29.9 Å². The monoisotopic (exact) mass is 281 g/mol. The molecule has 1 aromatic heterocycles. The second-order valence-corrected chi connectivity index (χ2v) is 6.54. The summed E-state index contributed by atoms with van der Waals surface area (Å²) in [7, 11) is 0. The highest BCUT2D eigenvalue weighted by molar-refractivity contribution is 7.99. The van der Waals surface area contributed by atoms with Gasteiger partial charge in [0.25, 0.3) is 0 Å². The Morgan fingerprint density at radius 2 is 2.26 bits per heavy atom. The van der Waals surface area contributed by atoms with Crippen LogP contribution in [-0.4, -0.2) is 27.3 Å². The van der Waals surface area contributed by atoms with Crippen molar-refractivity contribution in [2.75, 3.05) is 6.26 Å². The number of rotatable bonds is 6. The van der Waals surface area contributed by atoms with E-state index < -0.39 is 0 Å². The van der Waals surface area contributed by atoms with Gasteiger partial charge in [-0.05, 0) is 44.9 Å². The SMILES string of the molecule is CCc1cc(CNC2CCCC(SC)C2)n(CC)n1. The first-order valence-corrected chi connectivity index (χ1v) is 8.87. The highest BCUT2D eigenvalue weighted by Crippen LogP contribution is 2.27. The zero-order chi connectivity index (χ0) is 13.7. The fourth-order valence-corrected chi connectivity index (χ4v) is 3.72. The Morgan fingerprint density at radius 1 is 1.42 bits per heavy atom. The summed E-state index contributed by atoms with van der Waals surface area (Å²) < 4.78 is 2.14. The van der Waals surface area contributed by atoms with Gasteiger partial charge in [-0.2, -0.15) is 16.9 Å². The Balaban J connectivity index is 1.89. The van der Waals surface area contributed by atoms with Crippen LogP contribution < -0.4 is 5.32 Å². The Hall–Kier alpha value is -0.480. The molecule has 0 saturated heterocycles. The number of nitrogens with one attached hydrogen (secondary N) is 1. The summed E-state index contributed by atoms with van der Waals surface area (Å²) in [6.07, 6.45) is 8.69. The molecule has 2 rings (SSSR count). The smallest absolute Gasteiger partial charge is 0.0625 e. The average Bonchev–Trinajstić information content (AvgIpc) is 2.87. The first-order valence-electron chi connectivity index (χ1n) is 7.58. The van der Waals surface area contributed by atoms with E-state index in [1.165, 1.54) is 37.1 Å². The van der Waals surface area contributed by atoms with Gasteiger partial charge in [0.15, 0.2) is 0 Å². The van der Waals surface area contributed by atoms with Crippen LogP contribution in [0.15, 0.2) is 6.07 Å². The predicted molar refractivity (Wildman–Crippen MR) is 83.7 cm³/mol. The molecule has 1 aliphatic carbocycles. The van der Waals surface area contributed by atoms with Crippen LogP contribution in [0.2, 0.25) is 0 Å². The van der Waals surface area contributed by atoms with Gasteiger partial charge >= 0.3 is 0 Å². The van der Waals surface area contributed by atoms with Crippen LogP contribution >= 0.6 is 11.8 Å². The molecule has 1 saturated carbocycles. The van der Waals surface area contributed by atoms with Gasteiger partial charge in [0.1, 0.15) is 0 Å². The van der Waals surface area contributed by atoms with Crippen molar-refractivity contribution in [3.05, 3.63) is 17.5 Å². The molecule has 0 spiro atoms. The lowest BCUT2D eigenvalue weighted by Gasteiger charge is -2.28. The number of aromatic nitrogens is 2. The molecule has 108 valence electrons. The van der Waals surface area contributed by atoms with Crippen LogP contribution in [0.4, 0.5) is 0 Å². The molecule has 0 aromatic carbocycles. The van der Waals surface area contributed by atoms with Crippen molar-refractivity contribution >= 4 is 11.8 Å². The summed E-state index contributed by atoms with van der Waals surface area (Å²) >= 11 is 2.03. The number of hydrogen-bond acceptors (Lipinski definition) is 3. The molecule has 0 amide bonds. The van der Waals surface area contributed by atoms with Crippen molar-refractivity contribution in [3.63, 3.8) is 0 Å². The van der Waals surface area contributed by atoms with E-state index in [4.69, 9.17) is 0 Å². The second-order valence-electron chi connectivity index (χ2n) is 5.40. The summed E-state index contributed by atoms with van der Waals surface area (Å²) in [4.78, 5) is 0. The number of thioether (sulfide) groups is 1. The second kappa shape index (κ2) is 7.34. The summed E-state index contributed by atoms with van der Waals surface area (Å²) in [5.41, 5.74) is 2.55. The number of hydrogen-bond donors (Lipinski definition) is 1. The highest BCUT2D eigenvalue weighted by Gasteiger charge is 2.21. The van der Waals surface area contributed by atoms with Crippen molar-refractivity contribution in [2.24, 2.45) is 0 Å². The molecule has 4 heteroatoms. The van der Waals surface area contributed by atoms with E-state index in [-0.39, 0.29) is 0 Å². The standard InChI is InChI=1S/C15H27N3S/c1-4-12-9-14(18(5-2)17-12)11-16-13-7-6-8-15(10-13)19-3/h9,13,15-16H,4-8,10-11H2,1-3H3. The zero-order valence-corrected chi connectivity index (χ0v) is 13.3. The molecular formula is C15H27N3S. The first-order chi connectivity index (χ1) is 9.26. The third-order valence-corrected chi connectivity index (χ3v) is 5.20. The van der Waals surface area contributed by atoms with Gasteiger partial charge in [-0.1, -0.05) is 13.3 Å². The molecule has 1 aromatic rings. The maximum Gasteiger partial charge on any atom is 0.0625 e. The predicted octanol–water partition coefficient (Wildman–Crippen LogP) is 3.23. The largest absolute Gasteiger partial charge is 0.308 e. The lowest BCUT2D eigenvalue weighted by atomic mass is 9.95. The maximum atomic E-state index is 4.61. The van der Waals surface area contributed by atoms with E-state index in [9.17, 15) is 0 Å². The fourth-order valence-electron chi connectivity index (χ4n) is 2.90. The van der Waals surface area contributed by atoms with Gasteiger partial charge < -0.3 is 5.32 Å².